The fourth-order valence-corrected chi connectivity index (χ4v) is 3.51. The van der Waals surface area contributed by atoms with Crippen molar-refractivity contribution in [1.29, 1.82) is 0 Å². The van der Waals surface area contributed by atoms with Gasteiger partial charge in [0, 0.05) is 11.5 Å². The van der Waals surface area contributed by atoms with Gasteiger partial charge in [-0.25, -0.2) is 14.6 Å². The number of nitrogen functional groups attached to an aromatic ring is 1. The molecule has 0 spiro atoms. The first kappa shape index (κ1) is 21.8. The summed E-state index contributed by atoms with van der Waals surface area (Å²) in [5.41, 5.74) is 5.23. The van der Waals surface area contributed by atoms with Crippen LogP contribution in [0.25, 0.3) is 6.08 Å². The highest BCUT2D eigenvalue weighted by molar-refractivity contribution is 7.13. The molecule has 0 bridgehead atoms. The van der Waals surface area contributed by atoms with Crippen LogP contribution in [-0.4, -0.2) is 62.0 Å². The number of fused-ring (bicyclic) bond motifs is 1. The van der Waals surface area contributed by atoms with Crippen LogP contribution in [0, 0.1) is 0 Å². The number of nitrogens with zero attached hydrogens (tertiary/aromatic N) is 2. The van der Waals surface area contributed by atoms with Gasteiger partial charge in [-0.1, -0.05) is 17.3 Å². The molecule has 1 aromatic carbocycles. The largest absolute Gasteiger partial charge is 0.547 e. The third-order valence-corrected chi connectivity index (χ3v) is 4.98. The Hall–Kier alpha value is -3.91. The number of carbonyl (C=O) groups excluding carboxylic acids is 1. The number of aliphatic carboxylic acids is 1. The van der Waals surface area contributed by atoms with Gasteiger partial charge in [0.15, 0.2) is 10.8 Å². The van der Waals surface area contributed by atoms with E-state index < -0.39 is 36.6 Å². The SMILES string of the molecule is Nc1nc(/C(=N/O)C(=O)NC2Cc3ccc(/C=C/C(=O)O)c(C(=O)O)c3OB2O)cs1. The Bertz CT molecular complexity index is 1120. The molecule has 12 nitrogen and oxygen atoms in total. The van der Waals surface area contributed by atoms with Gasteiger partial charge in [-0.05, 0) is 23.6 Å². The van der Waals surface area contributed by atoms with Gasteiger partial charge in [-0.3, -0.25) is 4.79 Å². The Morgan fingerprint density at radius 3 is 2.68 bits per heavy atom. The first-order chi connectivity index (χ1) is 14.7. The molecule has 1 aromatic heterocycles. The van der Waals surface area contributed by atoms with E-state index in [-0.39, 0.29) is 34.1 Å². The fraction of sp³-hybridized carbons (Fsp3) is 0.118. The van der Waals surface area contributed by atoms with Crippen LogP contribution in [0.5, 0.6) is 5.75 Å². The van der Waals surface area contributed by atoms with Crippen LogP contribution < -0.4 is 15.7 Å². The number of carboxylic acids is 2. The van der Waals surface area contributed by atoms with E-state index >= 15 is 0 Å². The van der Waals surface area contributed by atoms with Crippen molar-refractivity contribution in [1.82, 2.24) is 10.3 Å². The van der Waals surface area contributed by atoms with E-state index in [0.29, 0.717) is 5.56 Å². The number of hydrogen-bond acceptors (Lipinski definition) is 10. The van der Waals surface area contributed by atoms with Gasteiger partial charge >= 0.3 is 19.1 Å². The summed E-state index contributed by atoms with van der Waals surface area (Å²) in [7, 11) is -1.63. The zero-order valence-corrected chi connectivity index (χ0v) is 16.4. The molecule has 3 rings (SSSR count). The number of rotatable bonds is 6. The monoisotopic (exact) mass is 446 g/mol. The second kappa shape index (κ2) is 8.85. The summed E-state index contributed by atoms with van der Waals surface area (Å²) >= 11 is 1.04. The Labute approximate surface area is 178 Å². The summed E-state index contributed by atoms with van der Waals surface area (Å²) in [6.07, 6.45) is 1.86. The van der Waals surface area contributed by atoms with Crippen molar-refractivity contribution in [2.75, 3.05) is 5.73 Å². The fourth-order valence-electron chi connectivity index (χ4n) is 2.97. The number of nitrogens with two attached hydrogens (primary N) is 1. The van der Waals surface area contributed by atoms with Gasteiger partial charge in [0.05, 0.1) is 5.94 Å². The summed E-state index contributed by atoms with van der Waals surface area (Å²) in [5.74, 6) is -4.65. The van der Waals surface area contributed by atoms with Gasteiger partial charge in [-0.15, -0.1) is 11.3 Å². The van der Waals surface area contributed by atoms with Crippen LogP contribution in [0.2, 0.25) is 0 Å². The first-order valence-electron chi connectivity index (χ1n) is 8.60. The quantitative estimate of drug-likeness (QED) is 0.114. The number of oxime groups is 1. The lowest BCUT2D eigenvalue weighted by Gasteiger charge is -2.29. The number of nitrogens with one attached hydrogen (secondary N) is 1. The molecule has 1 aliphatic rings. The minimum Gasteiger partial charge on any atom is -0.534 e. The Balaban J connectivity index is 1.86. The molecule has 1 atom stereocenters. The number of benzene rings is 1. The number of thiazole rings is 1. The van der Waals surface area contributed by atoms with Crippen molar-refractivity contribution in [2.24, 2.45) is 5.16 Å². The molecular weight excluding hydrogens is 431 g/mol. The summed E-state index contributed by atoms with van der Waals surface area (Å²) < 4.78 is 5.35. The van der Waals surface area contributed by atoms with Crippen LogP contribution in [0.1, 0.15) is 27.2 Å². The number of aromatic carboxylic acids is 1. The summed E-state index contributed by atoms with van der Waals surface area (Å²) in [6, 6.07) is 2.89. The molecule has 0 radical (unpaired) electrons. The Kier molecular flexibility index (Phi) is 6.22. The van der Waals surface area contributed by atoms with Crippen LogP contribution in [0.15, 0.2) is 28.7 Å². The maximum atomic E-state index is 12.5. The number of aromatic nitrogens is 1. The predicted molar refractivity (Wildman–Crippen MR) is 109 cm³/mol. The van der Waals surface area contributed by atoms with Crippen molar-refractivity contribution < 1.29 is 39.5 Å². The first-order valence-corrected chi connectivity index (χ1v) is 9.48. The number of carboxylic acid groups (broad SMARTS) is 2. The molecule has 14 heteroatoms. The number of carbonyl (C=O) groups is 3. The highest BCUT2D eigenvalue weighted by Crippen LogP contribution is 2.33. The normalized spacial score (nSPS) is 16.0. The van der Waals surface area contributed by atoms with E-state index in [1.807, 2.05) is 0 Å². The van der Waals surface area contributed by atoms with Crippen LogP contribution >= 0.6 is 11.3 Å². The molecule has 0 fully saturated rings. The minimum absolute atomic E-state index is 0.0106. The molecule has 0 saturated heterocycles. The predicted octanol–water partition coefficient (Wildman–Crippen LogP) is -0.161. The van der Waals surface area contributed by atoms with Crippen LogP contribution in [0.3, 0.4) is 0 Å². The topological polar surface area (TPSA) is 205 Å². The van der Waals surface area contributed by atoms with Crippen LogP contribution in [0.4, 0.5) is 5.13 Å². The minimum atomic E-state index is -1.63. The number of amides is 1. The summed E-state index contributed by atoms with van der Waals surface area (Å²) in [6.45, 7) is 0. The molecule has 31 heavy (non-hydrogen) atoms. The molecule has 2 aromatic rings. The molecule has 160 valence electrons. The average molecular weight is 446 g/mol. The van der Waals surface area contributed by atoms with Gasteiger partial charge in [0.25, 0.3) is 5.91 Å². The second-order valence-electron chi connectivity index (χ2n) is 6.31. The van der Waals surface area contributed by atoms with Gasteiger partial charge < -0.3 is 36.1 Å². The molecule has 2 heterocycles. The molecule has 1 aliphatic heterocycles. The molecular formula is C17H15BN4O8S. The van der Waals surface area contributed by atoms with E-state index in [1.165, 1.54) is 17.5 Å². The van der Waals surface area contributed by atoms with Crippen molar-refractivity contribution in [2.45, 2.75) is 12.4 Å². The van der Waals surface area contributed by atoms with Crippen LogP contribution in [-0.2, 0) is 16.0 Å². The lowest BCUT2D eigenvalue weighted by molar-refractivity contribution is -0.131. The highest BCUT2D eigenvalue weighted by atomic mass is 32.1. The van der Waals surface area contributed by atoms with E-state index in [0.717, 1.165) is 23.5 Å². The summed E-state index contributed by atoms with van der Waals surface area (Å²) in [5, 5.41) is 44.8. The molecule has 0 aliphatic carbocycles. The van der Waals surface area contributed by atoms with E-state index in [2.05, 4.69) is 15.5 Å². The van der Waals surface area contributed by atoms with E-state index in [9.17, 15) is 29.7 Å². The molecule has 1 amide bonds. The van der Waals surface area contributed by atoms with Crippen molar-refractivity contribution in [3.8, 4) is 5.75 Å². The molecule has 7 N–H and O–H groups in total. The third-order valence-electron chi connectivity index (χ3n) is 4.31. The lowest BCUT2D eigenvalue weighted by Crippen LogP contribution is -2.54. The zero-order chi connectivity index (χ0) is 22.7. The lowest BCUT2D eigenvalue weighted by atomic mass is 9.72. The average Bonchev–Trinajstić information content (AvgIpc) is 3.12. The number of hydrogen-bond donors (Lipinski definition) is 6. The van der Waals surface area contributed by atoms with Crippen molar-refractivity contribution in [3.63, 3.8) is 0 Å². The van der Waals surface area contributed by atoms with E-state index in [4.69, 9.17) is 15.5 Å². The highest BCUT2D eigenvalue weighted by Gasteiger charge is 2.39. The Morgan fingerprint density at radius 2 is 2.10 bits per heavy atom. The van der Waals surface area contributed by atoms with Crippen molar-refractivity contribution >= 4 is 53.2 Å². The molecule has 1 unspecified atom stereocenters. The maximum absolute atomic E-state index is 12.5. The zero-order valence-electron chi connectivity index (χ0n) is 15.6. The standard InChI is InChI=1S/C17H15BN4O8S/c19-17-20-9(6-31-17)13(22-29)15(25)21-10-5-8-2-1-7(3-4-11(23)24)12(16(26)27)14(8)30-18(10)28/h1-4,6,10,28-29H,5H2,(H2,19,20)(H,21,25)(H,23,24)(H,26,27)/b4-3+,22-13-. The summed E-state index contributed by atoms with van der Waals surface area (Å²) in [4.78, 5) is 38.8. The van der Waals surface area contributed by atoms with Crippen molar-refractivity contribution in [3.05, 3.63) is 46.0 Å². The smallest absolute Gasteiger partial charge is 0.534 e. The second-order valence-corrected chi connectivity index (χ2v) is 7.20. The van der Waals surface area contributed by atoms with Gasteiger partial charge in [-0.2, -0.15) is 0 Å². The van der Waals surface area contributed by atoms with Gasteiger partial charge in [0.1, 0.15) is 17.0 Å². The van der Waals surface area contributed by atoms with Gasteiger partial charge in [0.2, 0.25) is 0 Å². The Morgan fingerprint density at radius 1 is 1.35 bits per heavy atom. The van der Waals surface area contributed by atoms with E-state index in [1.54, 1.807) is 0 Å². The molecule has 0 saturated carbocycles. The maximum Gasteiger partial charge on any atom is 0.547 e. The number of anilines is 1. The third kappa shape index (κ3) is 4.65.